The molecule has 18 aromatic rings. The van der Waals surface area contributed by atoms with Crippen molar-refractivity contribution < 1.29 is 0 Å². The van der Waals surface area contributed by atoms with Crippen molar-refractivity contribution in [1.29, 1.82) is 0 Å². The van der Waals surface area contributed by atoms with E-state index in [9.17, 15) is 0 Å². The zero-order valence-corrected chi connectivity index (χ0v) is 62.2. The van der Waals surface area contributed by atoms with Crippen LogP contribution in [0.5, 0.6) is 0 Å². The van der Waals surface area contributed by atoms with Crippen LogP contribution in [-0.4, -0.2) is 24.9 Å². The van der Waals surface area contributed by atoms with Crippen LogP contribution in [0, 0.1) is 20.8 Å². The number of pyridine rings is 1. The summed E-state index contributed by atoms with van der Waals surface area (Å²) in [5, 5.41) is 0. The van der Waals surface area contributed by atoms with Crippen molar-refractivity contribution in [2.75, 3.05) is 0 Å². The lowest BCUT2D eigenvalue weighted by Gasteiger charge is -2.15. The van der Waals surface area contributed by atoms with Crippen LogP contribution in [0.2, 0.25) is 0 Å². The summed E-state index contributed by atoms with van der Waals surface area (Å²) in [6.45, 7) is 6.27. The molecule has 15 aromatic carbocycles. The summed E-state index contributed by atoms with van der Waals surface area (Å²) in [4.78, 5) is 25.0. The largest absolute Gasteiger partial charge is 0.248 e. The summed E-state index contributed by atoms with van der Waals surface area (Å²) in [7, 11) is 0. The molecule has 3 aromatic heterocycles. The standard InChI is InChI=1S/C48H35N.C35H26N2.C23H18N2/c1-34-15-14-24-39(25-34)44-32-47(45-28-40(35-16-6-2-7-17-35)26-41(29-45)36-18-8-3-9-19-36)49-48(33-44)46-30-42(37-20-10-4-11-21-37)27-43(31-46)38-22-12-5-13-23-38;1-25-12-11-19-29(20-25)34-24-33(28-17-9-4-10-18-28)36-35(37-34)32-22-30(26-13-5-2-6-14-26)21-31(23-32)27-15-7-3-8-16-27;1-17-15-22(25-23(24-17)19-11-6-3-7-12-19)21-14-8-13-20(16-21)18-9-4-2-5-10-18/h2-33H,1H3;2-24H,1H3;2-16H,1H3. The van der Waals surface area contributed by atoms with Gasteiger partial charge in [0.15, 0.2) is 11.6 Å². The van der Waals surface area contributed by atoms with Crippen molar-refractivity contribution in [3.8, 4) is 168 Å². The average molecular weight is 1420 g/mol. The molecule has 5 nitrogen and oxygen atoms in total. The number of rotatable bonds is 15. The van der Waals surface area contributed by atoms with Crippen molar-refractivity contribution in [2.24, 2.45) is 0 Å². The zero-order valence-electron chi connectivity index (χ0n) is 62.2. The summed E-state index contributed by atoms with van der Waals surface area (Å²) in [6.07, 6.45) is 0. The zero-order chi connectivity index (χ0) is 75.1. The Morgan fingerprint density at radius 2 is 0.351 bits per heavy atom. The first kappa shape index (κ1) is 70.9. The number of nitrogens with zero attached hydrogens (tertiary/aromatic N) is 5. The second-order valence-electron chi connectivity index (χ2n) is 27.8. The van der Waals surface area contributed by atoms with Crippen molar-refractivity contribution >= 4 is 0 Å². The number of hydrogen-bond acceptors (Lipinski definition) is 5. The Bertz CT molecular complexity index is 5860. The van der Waals surface area contributed by atoms with E-state index in [0.717, 1.165) is 95.6 Å². The quantitative estimate of drug-likeness (QED) is 0.102. The molecule has 0 aliphatic rings. The molecular formula is C106H79N5. The fraction of sp³-hybridized carbons (Fsp3) is 0.0283. The van der Waals surface area contributed by atoms with E-state index in [-0.39, 0.29) is 0 Å². The van der Waals surface area contributed by atoms with Crippen LogP contribution in [-0.2, 0) is 0 Å². The molecular weight excluding hydrogens is 1340 g/mol. The molecule has 0 bridgehead atoms. The van der Waals surface area contributed by atoms with E-state index in [0.29, 0.717) is 5.82 Å². The van der Waals surface area contributed by atoms with Crippen molar-refractivity contribution in [3.63, 3.8) is 0 Å². The van der Waals surface area contributed by atoms with Gasteiger partial charge in [0.25, 0.3) is 0 Å². The third kappa shape index (κ3) is 17.4. The second kappa shape index (κ2) is 33.6. The lowest BCUT2D eigenvalue weighted by Crippen LogP contribution is -1.97. The number of aryl methyl sites for hydroxylation is 3. The third-order valence-electron chi connectivity index (χ3n) is 19.7. The molecule has 18 rings (SSSR count). The summed E-state index contributed by atoms with van der Waals surface area (Å²) in [5.74, 6) is 1.48. The molecule has 0 spiro atoms. The van der Waals surface area contributed by atoms with Gasteiger partial charge in [-0.1, -0.05) is 345 Å². The van der Waals surface area contributed by atoms with Crippen molar-refractivity contribution in [1.82, 2.24) is 24.9 Å². The minimum atomic E-state index is 0.716. The Morgan fingerprint density at radius 3 is 0.721 bits per heavy atom. The van der Waals surface area contributed by atoms with Crippen molar-refractivity contribution in [2.45, 2.75) is 20.8 Å². The SMILES string of the molecule is Cc1cc(-c2cccc(-c3ccccc3)c2)nc(-c2ccccc2)n1.Cc1cccc(-c2cc(-c3cc(-c4ccccc4)cc(-c4ccccc4)c3)nc(-c3cc(-c4ccccc4)cc(-c4ccccc4)c3)c2)c1.Cc1cccc(-c2cc(-c3ccccc3)nc(-c3cc(-c4ccccc4)cc(-c4ccccc4)c3)n2)c1. The smallest absolute Gasteiger partial charge is 0.160 e. The van der Waals surface area contributed by atoms with Crippen LogP contribution in [0.4, 0.5) is 0 Å². The van der Waals surface area contributed by atoms with E-state index in [2.05, 4.69) is 371 Å². The van der Waals surface area contributed by atoms with Gasteiger partial charge in [0.05, 0.1) is 28.5 Å². The molecule has 0 saturated carbocycles. The van der Waals surface area contributed by atoms with Gasteiger partial charge in [0, 0.05) is 44.6 Å². The first-order valence-corrected chi connectivity index (χ1v) is 37.7. The van der Waals surface area contributed by atoms with Gasteiger partial charge in [-0.2, -0.15) is 0 Å². The van der Waals surface area contributed by atoms with Crippen LogP contribution in [0.15, 0.2) is 425 Å². The van der Waals surface area contributed by atoms with E-state index >= 15 is 0 Å². The van der Waals surface area contributed by atoms with E-state index < -0.39 is 0 Å². The summed E-state index contributed by atoms with van der Waals surface area (Å²) in [5.41, 5.74) is 34.2. The molecule has 0 radical (unpaired) electrons. The molecule has 0 N–H and O–H groups in total. The number of benzene rings is 15. The Labute approximate surface area is 651 Å². The van der Waals surface area contributed by atoms with Gasteiger partial charge in [0.1, 0.15) is 0 Å². The maximum Gasteiger partial charge on any atom is 0.160 e. The molecule has 0 saturated heterocycles. The highest BCUT2D eigenvalue weighted by Gasteiger charge is 2.18. The number of aromatic nitrogens is 5. The number of hydrogen-bond donors (Lipinski definition) is 0. The van der Waals surface area contributed by atoms with E-state index in [4.69, 9.17) is 19.9 Å². The van der Waals surface area contributed by atoms with Gasteiger partial charge in [-0.15, -0.1) is 0 Å². The maximum absolute atomic E-state index is 5.46. The van der Waals surface area contributed by atoms with Gasteiger partial charge in [-0.3, -0.25) is 0 Å². The maximum atomic E-state index is 5.46. The minimum absolute atomic E-state index is 0.716. The molecule has 0 fully saturated rings. The first-order valence-electron chi connectivity index (χ1n) is 37.7. The molecule has 5 heteroatoms. The predicted octanol–water partition coefficient (Wildman–Crippen LogP) is 28.0. The molecule has 0 unspecified atom stereocenters. The Hall–Kier alpha value is -14.4. The Morgan fingerprint density at radius 1 is 0.126 bits per heavy atom. The van der Waals surface area contributed by atoms with Crippen LogP contribution >= 0.6 is 0 Å². The Balaban J connectivity index is 0.000000133. The van der Waals surface area contributed by atoms with Crippen molar-refractivity contribution in [3.05, 3.63) is 441 Å². The molecule has 0 atom stereocenters. The lowest BCUT2D eigenvalue weighted by atomic mass is 9.92. The van der Waals surface area contributed by atoms with Crippen LogP contribution in [0.1, 0.15) is 16.8 Å². The highest BCUT2D eigenvalue weighted by molar-refractivity contribution is 5.87. The van der Waals surface area contributed by atoms with Crippen LogP contribution < -0.4 is 0 Å². The molecule has 111 heavy (non-hydrogen) atoms. The van der Waals surface area contributed by atoms with Gasteiger partial charge in [0.2, 0.25) is 0 Å². The summed E-state index contributed by atoms with van der Waals surface area (Å²) >= 11 is 0. The monoisotopic (exact) mass is 1420 g/mol. The second-order valence-corrected chi connectivity index (χ2v) is 27.8. The van der Waals surface area contributed by atoms with Gasteiger partial charge in [-0.05, 0) is 201 Å². The molecule has 3 heterocycles. The highest BCUT2D eigenvalue weighted by Crippen LogP contribution is 2.40. The Kier molecular flexibility index (Phi) is 21.5. The molecule has 0 aliphatic heterocycles. The lowest BCUT2D eigenvalue weighted by molar-refractivity contribution is 1.11. The third-order valence-corrected chi connectivity index (χ3v) is 19.7. The van der Waals surface area contributed by atoms with E-state index in [1.807, 2.05) is 79.7 Å². The van der Waals surface area contributed by atoms with E-state index in [1.54, 1.807) is 0 Å². The van der Waals surface area contributed by atoms with Gasteiger partial charge in [-0.25, -0.2) is 24.9 Å². The van der Waals surface area contributed by atoms with Gasteiger partial charge >= 0.3 is 0 Å². The minimum Gasteiger partial charge on any atom is -0.248 e. The molecule has 0 aliphatic carbocycles. The van der Waals surface area contributed by atoms with Gasteiger partial charge < -0.3 is 0 Å². The van der Waals surface area contributed by atoms with E-state index in [1.165, 1.54) is 83.5 Å². The molecule has 0 amide bonds. The topological polar surface area (TPSA) is 64.5 Å². The fourth-order valence-electron chi connectivity index (χ4n) is 14.1. The normalized spacial score (nSPS) is 10.8. The fourth-order valence-corrected chi connectivity index (χ4v) is 14.1. The summed E-state index contributed by atoms with van der Waals surface area (Å²) < 4.78 is 0. The highest BCUT2D eigenvalue weighted by atomic mass is 14.9. The average Bonchev–Trinajstić information content (AvgIpc) is 0.775. The molecule has 528 valence electrons. The predicted molar refractivity (Wildman–Crippen MR) is 464 cm³/mol. The van der Waals surface area contributed by atoms with Crippen LogP contribution in [0.25, 0.3) is 168 Å². The van der Waals surface area contributed by atoms with Crippen LogP contribution in [0.3, 0.4) is 0 Å². The summed E-state index contributed by atoms with van der Waals surface area (Å²) in [6, 6.07) is 149. The first-order chi connectivity index (χ1) is 54.7.